The van der Waals surface area contributed by atoms with Crippen LogP contribution >= 0.6 is 0 Å². The third kappa shape index (κ3) is 10.7. The number of carbonyl (C=O) groups is 2. The average molecular weight is 576 g/mol. The van der Waals surface area contributed by atoms with Crippen LogP contribution in [0.4, 0.5) is 8.78 Å². The number of benzene rings is 2. The Bertz CT molecular complexity index is 1120. The molecule has 2 aromatic rings. The zero-order valence-electron chi connectivity index (χ0n) is 24.6. The van der Waals surface area contributed by atoms with Crippen molar-refractivity contribution in [2.24, 2.45) is 0 Å². The van der Waals surface area contributed by atoms with Gasteiger partial charge >= 0.3 is 5.97 Å². The molecule has 8 nitrogen and oxygen atoms in total. The minimum absolute atomic E-state index is 0.00787. The van der Waals surface area contributed by atoms with Crippen LogP contribution in [0.15, 0.2) is 48.5 Å². The number of nitrogens with one attached hydrogen (secondary N) is 1. The highest BCUT2D eigenvalue weighted by Gasteiger charge is 2.32. The van der Waals surface area contributed by atoms with Gasteiger partial charge in [0.15, 0.2) is 0 Å². The molecule has 0 unspecified atom stereocenters. The molecule has 0 atom stereocenters. The van der Waals surface area contributed by atoms with Crippen molar-refractivity contribution < 1.29 is 32.7 Å². The van der Waals surface area contributed by atoms with E-state index in [4.69, 9.17) is 14.3 Å². The molecular formula is C31H43F2N3O5. The third-order valence-electron chi connectivity index (χ3n) is 7.14. The molecule has 1 N–H and O–H groups in total. The van der Waals surface area contributed by atoms with Gasteiger partial charge in [0.1, 0.15) is 18.9 Å². The van der Waals surface area contributed by atoms with E-state index in [1.165, 1.54) is 7.11 Å². The van der Waals surface area contributed by atoms with Gasteiger partial charge in [-0.1, -0.05) is 43.7 Å². The number of hydrogen-bond donors (Lipinski definition) is 1. The fourth-order valence-electron chi connectivity index (χ4n) is 4.62. The molecule has 1 saturated heterocycles. The molecule has 1 aliphatic heterocycles. The number of esters is 1. The van der Waals surface area contributed by atoms with E-state index in [2.05, 4.69) is 10.4 Å². The smallest absolute Gasteiger partial charge is 0.337 e. The maximum absolute atomic E-state index is 13.8. The summed E-state index contributed by atoms with van der Waals surface area (Å²) in [6, 6.07) is 15.0. The van der Waals surface area contributed by atoms with Gasteiger partial charge in [0.05, 0.1) is 18.3 Å². The monoisotopic (exact) mass is 575 g/mol. The minimum Gasteiger partial charge on any atom is -0.489 e. The molecule has 0 aromatic heterocycles. The van der Waals surface area contributed by atoms with Crippen LogP contribution in [0, 0.1) is 0 Å². The first-order valence-corrected chi connectivity index (χ1v) is 14.2. The zero-order chi connectivity index (χ0) is 29.9. The lowest BCUT2D eigenvalue weighted by Gasteiger charge is -2.35. The molecule has 0 aliphatic carbocycles. The summed E-state index contributed by atoms with van der Waals surface area (Å²) in [5.74, 6) is -2.37. The van der Waals surface area contributed by atoms with Gasteiger partial charge in [-0.15, -0.1) is 0 Å². The first kappa shape index (κ1) is 32.4. The van der Waals surface area contributed by atoms with Crippen LogP contribution < -0.4 is 10.2 Å². The van der Waals surface area contributed by atoms with Gasteiger partial charge in [0.25, 0.3) is 0 Å². The highest BCUT2D eigenvalue weighted by atomic mass is 19.3. The highest BCUT2D eigenvalue weighted by Crippen LogP contribution is 2.30. The number of halogens is 2. The van der Waals surface area contributed by atoms with Crippen LogP contribution in [0.5, 0.6) is 5.75 Å². The summed E-state index contributed by atoms with van der Waals surface area (Å²) < 4.78 is 38.5. The van der Waals surface area contributed by atoms with E-state index in [0.29, 0.717) is 51.3 Å². The van der Waals surface area contributed by atoms with E-state index < -0.39 is 11.5 Å². The third-order valence-corrected chi connectivity index (χ3v) is 7.14. The molecule has 41 heavy (non-hydrogen) atoms. The minimum atomic E-state index is -2.70. The first-order valence-electron chi connectivity index (χ1n) is 14.2. The van der Waals surface area contributed by atoms with Crippen molar-refractivity contribution in [2.75, 3.05) is 39.8 Å². The van der Waals surface area contributed by atoms with Gasteiger partial charge in [-0.05, 0) is 44.0 Å². The Morgan fingerprint density at radius 3 is 2.29 bits per heavy atom. The Morgan fingerprint density at radius 2 is 1.63 bits per heavy atom. The van der Waals surface area contributed by atoms with Gasteiger partial charge in [0.2, 0.25) is 11.8 Å². The summed E-state index contributed by atoms with van der Waals surface area (Å²) >= 11 is 0. The summed E-state index contributed by atoms with van der Waals surface area (Å²) in [5, 5.41) is 0. The maximum Gasteiger partial charge on any atom is 0.337 e. The summed E-state index contributed by atoms with van der Waals surface area (Å²) in [6.07, 6.45) is 0.245. The number of nitrogens with zero attached hydrogens (tertiary/aromatic N) is 2. The summed E-state index contributed by atoms with van der Waals surface area (Å²) in [4.78, 5) is 34.0. The molecule has 2 aromatic carbocycles. The number of methoxy groups -OCH3 is 1. The molecule has 0 spiro atoms. The van der Waals surface area contributed by atoms with E-state index in [9.17, 15) is 18.4 Å². The maximum atomic E-state index is 13.8. The van der Waals surface area contributed by atoms with Gasteiger partial charge in [-0.25, -0.2) is 13.6 Å². The predicted molar refractivity (Wildman–Crippen MR) is 153 cm³/mol. The van der Waals surface area contributed by atoms with E-state index in [-0.39, 0.29) is 37.7 Å². The first-order chi connectivity index (χ1) is 19.5. The van der Waals surface area contributed by atoms with Crippen LogP contribution in [0.3, 0.4) is 0 Å². The lowest BCUT2D eigenvalue weighted by molar-refractivity contribution is -0.142. The highest BCUT2D eigenvalue weighted by molar-refractivity contribution is 5.89. The van der Waals surface area contributed by atoms with Crippen molar-refractivity contribution in [3.8, 4) is 5.75 Å². The van der Waals surface area contributed by atoms with Gasteiger partial charge in [0, 0.05) is 51.1 Å². The number of para-hydroxylation sites is 1. The molecule has 226 valence electrons. The molecular weight excluding hydrogens is 532 g/mol. The van der Waals surface area contributed by atoms with Gasteiger partial charge < -0.3 is 14.4 Å². The Hall–Kier alpha value is -3.08. The SMILES string of the molecule is CCCC(F)(F)CCC(C)(C)ONCC(=O)N1CCN(Cc2ccccc2OCc2ccc(C(=O)OC)cc2)CC1. The normalized spacial score (nSPS) is 14.6. The molecule has 10 heteroatoms. The number of amides is 1. The van der Waals surface area contributed by atoms with Gasteiger partial charge in [-0.2, -0.15) is 5.48 Å². The predicted octanol–water partition coefficient (Wildman–Crippen LogP) is 5.21. The zero-order valence-corrected chi connectivity index (χ0v) is 24.6. The van der Waals surface area contributed by atoms with Crippen molar-refractivity contribution in [1.29, 1.82) is 0 Å². The molecule has 1 heterocycles. The second-order valence-electron chi connectivity index (χ2n) is 11.0. The van der Waals surface area contributed by atoms with Crippen molar-refractivity contribution in [3.63, 3.8) is 0 Å². The van der Waals surface area contributed by atoms with Crippen molar-refractivity contribution in [3.05, 3.63) is 65.2 Å². The topological polar surface area (TPSA) is 80.3 Å². The second-order valence-corrected chi connectivity index (χ2v) is 11.0. The number of hydroxylamine groups is 1. The standard InChI is InChI=1S/C31H43F2N3O5/c1-5-14-31(32,33)16-15-30(2,3)41-34-21-28(37)36-19-17-35(18-20-36)22-26-8-6-7-9-27(26)40-23-24-10-12-25(13-11-24)29(38)39-4/h6-13,34H,5,14-23H2,1-4H3. The number of alkyl halides is 2. The Labute approximate surface area is 241 Å². The van der Waals surface area contributed by atoms with Crippen LogP contribution in [-0.2, 0) is 27.5 Å². The lowest BCUT2D eigenvalue weighted by atomic mass is 9.98. The fourth-order valence-corrected chi connectivity index (χ4v) is 4.62. The van der Waals surface area contributed by atoms with Crippen molar-refractivity contribution >= 4 is 11.9 Å². The summed E-state index contributed by atoms with van der Waals surface area (Å²) in [6.45, 7) is 8.89. The molecule has 0 saturated carbocycles. The number of rotatable bonds is 15. The Kier molecular flexibility index (Phi) is 12.1. The van der Waals surface area contributed by atoms with Crippen molar-refractivity contribution in [1.82, 2.24) is 15.3 Å². The second kappa shape index (κ2) is 15.2. The van der Waals surface area contributed by atoms with E-state index in [1.54, 1.807) is 37.8 Å². The molecule has 3 rings (SSSR count). The van der Waals surface area contributed by atoms with E-state index in [0.717, 1.165) is 16.9 Å². The molecule has 1 aliphatic rings. The quantitative estimate of drug-likeness (QED) is 0.231. The van der Waals surface area contributed by atoms with E-state index in [1.807, 2.05) is 36.4 Å². The van der Waals surface area contributed by atoms with E-state index >= 15 is 0 Å². The number of piperazine rings is 1. The number of ether oxygens (including phenoxy) is 2. The average Bonchev–Trinajstić information content (AvgIpc) is 2.96. The Morgan fingerprint density at radius 1 is 0.951 bits per heavy atom. The fraction of sp³-hybridized carbons (Fsp3) is 0.548. The summed E-state index contributed by atoms with van der Waals surface area (Å²) in [5.41, 5.74) is 4.38. The largest absolute Gasteiger partial charge is 0.489 e. The molecule has 0 radical (unpaired) electrons. The molecule has 1 amide bonds. The van der Waals surface area contributed by atoms with Crippen molar-refractivity contribution in [2.45, 2.75) is 71.1 Å². The van der Waals surface area contributed by atoms with Crippen LogP contribution in [0.2, 0.25) is 0 Å². The van der Waals surface area contributed by atoms with Crippen LogP contribution in [0.25, 0.3) is 0 Å². The van der Waals surface area contributed by atoms with Gasteiger partial charge in [-0.3, -0.25) is 14.5 Å². The summed E-state index contributed by atoms with van der Waals surface area (Å²) in [7, 11) is 1.36. The van der Waals surface area contributed by atoms with Crippen LogP contribution in [-0.4, -0.2) is 73.0 Å². The van der Waals surface area contributed by atoms with Crippen LogP contribution in [0.1, 0.15) is 67.9 Å². The molecule has 1 fully saturated rings. The Balaban J connectivity index is 1.41. The lowest BCUT2D eigenvalue weighted by Crippen LogP contribution is -2.51. The number of hydrogen-bond acceptors (Lipinski definition) is 7. The number of carbonyl (C=O) groups excluding carboxylic acids is 2. The molecule has 0 bridgehead atoms.